The molecule has 12 nitrogen and oxygen atoms in total. The van der Waals surface area contributed by atoms with Crippen molar-refractivity contribution in [1.29, 1.82) is 0 Å². The van der Waals surface area contributed by atoms with Crippen LogP contribution in [0.5, 0.6) is 0 Å². The van der Waals surface area contributed by atoms with Gasteiger partial charge in [-0.05, 0) is 44.9 Å². The lowest BCUT2D eigenvalue weighted by atomic mass is 9.98. The van der Waals surface area contributed by atoms with Crippen LogP contribution in [0.4, 0.5) is 0 Å². The molecule has 1 aliphatic heterocycles. The molecule has 1 amide bonds. The highest BCUT2D eigenvalue weighted by Gasteiger charge is 2.45. The lowest BCUT2D eigenvalue weighted by Crippen LogP contribution is -2.60. The molecule has 1 rings (SSSR count). The first kappa shape index (κ1) is 62.6. The molecule has 12 heteroatoms. The van der Waals surface area contributed by atoms with Gasteiger partial charge in [-0.1, -0.05) is 218 Å². The Morgan fingerprint density at radius 1 is 0.530 bits per heavy atom. The van der Waals surface area contributed by atoms with E-state index in [4.69, 9.17) is 9.47 Å². The number of hydrogen-bond acceptors (Lipinski definition) is 11. The van der Waals surface area contributed by atoms with Crippen LogP contribution in [0.1, 0.15) is 239 Å². The number of unbranched alkanes of at least 4 members (excludes halogenated alkanes) is 31. The van der Waals surface area contributed by atoms with Crippen molar-refractivity contribution in [3.63, 3.8) is 0 Å². The summed E-state index contributed by atoms with van der Waals surface area (Å²) < 4.78 is 11.0. The summed E-state index contributed by atoms with van der Waals surface area (Å²) in [4.78, 5) is 13.1. The average Bonchev–Trinajstić information content (AvgIpc) is 3.32. The fourth-order valence-corrected chi connectivity index (χ4v) is 8.75. The minimum Gasteiger partial charge on any atom is -0.394 e. The molecule has 0 aromatic heterocycles. The molecule has 66 heavy (non-hydrogen) atoms. The summed E-state index contributed by atoms with van der Waals surface area (Å²) in [6.07, 6.45) is 35.4. The third-order valence-corrected chi connectivity index (χ3v) is 13.3. The Morgan fingerprint density at radius 3 is 1.35 bits per heavy atom. The number of carbonyl (C=O) groups excluding carboxylic acids is 1. The molecular weight excluding hydrogens is 839 g/mol. The van der Waals surface area contributed by atoms with Crippen molar-refractivity contribution in [2.45, 2.75) is 300 Å². The van der Waals surface area contributed by atoms with E-state index < -0.39 is 80.3 Å². The van der Waals surface area contributed by atoms with Gasteiger partial charge in [-0.2, -0.15) is 0 Å². The molecule has 0 saturated carbocycles. The number of carbonyl (C=O) groups is 1. The maximum absolute atomic E-state index is 13.1. The lowest BCUT2D eigenvalue weighted by molar-refractivity contribution is -0.303. The van der Waals surface area contributed by atoms with E-state index in [0.29, 0.717) is 12.8 Å². The topological polar surface area (TPSA) is 209 Å². The van der Waals surface area contributed by atoms with Crippen LogP contribution in [-0.2, 0) is 14.3 Å². The first-order chi connectivity index (χ1) is 32.1. The van der Waals surface area contributed by atoms with Crippen molar-refractivity contribution in [1.82, 2.24) is 5.32 Å². The smallest absolute Gasteiger partial charge is 0.249 e. The maximum Gasteiger partial charge on any atom is 0.249 e. The van der Waals surface area contributed by atoms with Gasteiger partial charge >= 0.3 is 0 Å². The molecule has 1 heterocycles. The van der Waals surface area contributed by atoms with Gasteiger partial charge in [0.2, 0.25) is 5.91 Å². The highest BCUT2D eigenvalue weighted by molar-refractivity contribution is 5.80. The molecule has 390 valence electrons. The zero-order valence-electron chi connectivity index (χ0n) is 42.0. The van der Waals surface area contributed by atoms with E-state index in [2.05, 4.69) is 31.3 Å². The fourth-order valence-electron chi connectivity index (χ4n) is 8.75. The predicted molar refractivity (Wildman–Crippen MR) is 267 cm³/mol. The number of hydrogen-bond donors (Lipinski definition) is 9. The van der Waals surface area contributed by atoms with Crippen LogP contribution in [0.2, 0.25) is 0 Å². The predicted octanol–water partition coefficient (Wildman–Crippen LogP) is 9.54. The molecule has 9 N–H and O–H groups in total. The van der Waals surface area contributed by atoms with Crippen LogP contribution >= 0.6 is 0 Å². The Balaban J connectivity index is 2.33. The van der Waals surface area contributed by atoms with Crippen LogP contribution in [0, 0.1) is 0 Å². The van der Waals surface area contributed by atoms with Gasteiger partial charge in [0.25, 0.3) is 0 Å². The summed E-state index contributed by atoms with van der Waals surface area (Å²) >= 11 is 0. The summed E-state index contributed by atoms with van der Waals surface area (Å²) in [5.74, 6) is -0.795. The Morgan fingerprint density at radius 2 is 0.924 bits per heavy atom. The molecule has 0 radical (unpaired) electrons. The molecule has 1 aliphatic rings. The molecule has 10 atom stereocenters. The number of aliphatic hydroxyl groups excluding tert-OH is 8. The molecular formula is C54H103NO11. The Labute approximate surface area is 402 Å². The van der Waals surface area contributed by atoms with Crippen LogP contribution in [0.25, 0.3) is 0 Å². The highest BCUT2D eigenvalue weighted by atomic mass is 16.7. The number of allylic oxidation sites excluding steroid dienone is 3. The van der Waals surface area contributed by atoms with Gasteiger partial charge in [0, 0.05) is 0 Å². The Kier molecular flexibility index (Phi) is 41.3. The molecule has 0 bridgehead atoms. The fraction of sp³-hybridized carbons (Fsp3) is 0.907. The molecule has 0 aromatic rings. The van der Waals surface area contributed by atoms with Crippen molar-refractivity contribution in [3.8, 4) is 0 Å². The molecule has 0 unspecified atom stereocenters. The second-order valence-corrected chi connectivity index (χ2v) is 19.4. The van der Waals surface area contributed by atoms with Gasteiger partial charge in [-0.3, -0.25) is 4.79 Å². The summed E-state index contributed by atoms with van der Waals surface area (Å²) in [5.41, 5.74) is 0. The molecule has 0 aromatic carbocycles. The Hall–Kier alpha value is -1.45. The standard InChI is InChI=1S/C54H103NO11/c1-3-5-7-9-11-13-15-16-17-18-19-20-21-22-23-24-25-26-27-28-29-31-33-35-37-39-41-46(58)53(64)55-44(43-65-54-52(63)51(62)50(61)47(42-56)66-54)48(59)49(60)45(57)40-38-36-34-32-30-14-12-10-8-6-4-2/h16-17,38,40,44-52,54,56-63H,3-15,18-37,39,41-43H2,1-2H3,(H,55,64)/b17-16-,40-38-/t44-,45+,46+,47+,48-,49+,50+,51-,52+,54+/m0/s1. The summed E-state index contributed by atoms with van der Waals surface area (Å²) in [6, 6.07) is -1.37. The van der Waals surface area contributed by atoms with E-state index in [9.17, 15) is 45.6 Å². The number of aliphatic hydroxyl groups is 8. The first-order valence-corrected chi connectivity index (χ1v) is 27.3. The average molecular weight is 942 g/mol. The molecule has 1 saturated heterocycles. The quantitative estimate of drug-likeness (QED) is 0.0207. The van der Waals surface area contributed by atoms with E-state index in [1.54, 1.807) is 6.08 Å². The van der Waals surface area contributed by atoms with Crippen LogP contribution in [0.15, 0.2) is 24.3 Å². The lowest BCUT2D eigenvalue weighted by Gasteiger charge is -2.40. The van der Waals surface area contributed by atoms with Crippen molar-refractivity contribution in [3.05, 3.63) is 24.3 Å². The molecule has 0 spiro atoms. The van der Waals surface area contributed by atoms with Gasteiger partial charge in [0.1, 0.15) is 48.8 Å². The summed E-state index contributed by atoms with van der Waals surface area (Å²) in [5, 5.41) is 86.4. The SMILES string of the molecule is CCCCCCCC/C=C\CCCCCCCCCCCCCCCCCC[C@@H](O)C(=O)N[C@@H](CO[C@@H]1O[C@H](CO)[C@@H](O)[C@H](O)[C@H]1O)[C@H](O)[C@H](O)[C@H](O)/C=C\CCCCCCCCCCC. The molecule has 1 fully saturated rings. The third kappa shape index (κ3) is 31.6. The van der Waals surface area contributed by atoms with Crippen molar-refractivity contribution >= 4 is 5.91 Å². The molecule has 0 aliphatic carbocycles. The van der Waals surface area contributed by atoms with Gasteiger partial charge in [-0.25, -0.2) is 0 Å². The summed E-state index contributed by atoms with van der Waals surface area (Å²) in [6.45, 7) is 3.24. The van der Waals surface area contributed by atoms with E-state index >= 15 is 0 Å². The van der Waals surface area contributed by atoms with E-state index in [-0.39, 0.29) is 6.42 Å². The van der Waals surface area contributed by atoms with Gasteiger partial charge in [0.15, 0.2) is 6.29 Å². The van der Waals surface area contributed by atoms with E-state index in [1.807, 2.05) is 0 Å². The Bertz CT molecular complexity index is 1140. The minimum atomic E-state index is -1.77. The van der Waals surface area contributed by atoms with Crippen LogP contribution < -0.4 is 5.32 Å². The maximum atomic E-state index is 13.1. The second kappa shape index (κ2) is 43.6. The first-order valence-electron chi connectivity index (χ1n) is 27.3. The highest BCUT2D eigenvalue weighted by Crippen LogP contribution is 2.23. The van der Waals surface area contributed by atoms with Gasteiger partial charge in [-0.15, -0.1) is 0 Å². The van der Waals surface area contributed by atoms with Crippen LogP contribution in [-0.4, -0.2) is 121 Å². The van der Waals surface area contributed by atoms with E-state index in [0.717, 1.165) is 38.5 Å². The number of ether oxygens (including phenoxy) is 2. The van der Waals surface area contributed by atoms with Gasteiger partial charge in [0.05, 0.1) is 19.3 Å². The number of rotatable bonds is 46. The monoisotopic (exact) mass is 942 g/mol. The van der Waals surface area contributed by atoms with Crippen molar-refractivity contribution in [2.75, 3.05) is 13.2 Å². The number of amides is 1. The van der Waals surface area contributed by atoms with Gasteiger partial charge < -0.3 is 55.6 Å². The zero-order chi connectivity index (χ0) is 48.5. The van der Waals surface area contributed by atoms with Crippen LogP contribution in [0.3, 0.4) is 0 Å². The van der Waals surface area contributed by atoms with Crippen molar-refractivity contribution in [2.24, 2.45) is 0 Å². The van der Waals surface area contributed by atoms with Crippen molar-refractivity contribution < 1.29 is 55.1 Å². The van der Waals surface area contributed by atoms with E-state index in [1.165, 1.54) is 173 Å². The second-order valence-electron chi connectivity index (χ2n) is 19.4. The number of nitrogens with one attached hydrogen (secondary N) is 1. The minimum absolute atomic E-state index is 0.200. The zero-order valence-corrected chi connectivity index (χ0v) is 42.0. The third-order valence-electron chi connectivity index (χ3n) is 13.3. The summed E-state index contributed by atoms with van der Waals surface area (Å²) in [7, 11) is 0. The largest absolute Gasteiger partial charge is 0.394 e. The normalized spacial score (nSPS) is 21.4.